The molecule has 0 amide bonds. The van der Waals surface area contributed by atoms with Gasteiger partial charge in [-0.05, 0) is 37.6 Å². The quantitative estimate of drug-likeness (QED) is 0.780. The van der Waals surface area contributed by atoms with E-state index in [0.29, 0.717) is 6.54 Å². The van der Waals surface area contributed by atoms with Gasteiger partial charge in [0.1, 0.15) is 5.75 Å². The largest absolute Gasteiger partial charge is 0.497 e. The molecule has 3 nitrogen and oxygen atoms in total. The summed E-state index contributed by atoms with van der Waals surface area (Å²) in [6.45, 7) is 4.87. The zero-order valence-electron chi connectivity index (χ0n) is 9.71. The highest BCUT2D eigenvalue weighted by Gasteiger charge is 2.18. The molecule has 1 rings (SSSR count). The average Bonchev–Trinajstić information content (AvgIpc) is 2.30. The standard InChI is InChI=1S/C12H20N2O/c1-4-12(2,9-13)14-10-5-7-11(15-3)8-6-10/h5-8,14H,4,9,13H2,1-3H3. The highest BCUT2D eigenvalue weighted by atomic mass is 16.5. The summed E-state index contributed by atoms with van der Waals surface area (Å²) < 4.78 is 5.10. The molecular formula is C12H20N2O. The van der Waals surface area contributed by atoms with Crippen LogP contribution in [0.25, 0.3) is 0 Å². The van der Waals surface area contributed by atoms with Crippen molar-refractivity contribution in [2.45, 2.75) is 25.8 Å². The Balaban J connectivity index is 2.71. The van der Waals surface area contributed by atoms with Gasteiger partial charge in [0.15, 0.2) is 0 Å². The minimum atomic E-state index is -0.0331. The Kier molecular flexibility index (Phi) is 3.97. The van der Waals surface area contributed by atoms with Gasteiger partial charge in [0.05, 0.1) is 7.11 Å². The van der Waals surface area contributed by atoms with Gasteiger partial charge in [-0.1, -0.05) is 6.92 Å². The van der Waals surface area contributed by atoms with E-state index in [4.69, 9.17) is 10.5 Å². The summed E-state index contributed by atoms with van der Waals surface area (Å²) in [7, 11) is 1.67. The molecule has 15 heavy (non-hydrogen) atoms. The lowest BCUT2D eigenvalue weighted by molar-refractivity contribution is 0.414. The Morgan fingerprint density at radius 1 is 1.33 bits per heavy atom. The molecule has 0 bridgehead atoms. The molecule has 0 saturated carbocycles. The fourth-order valence-electron chi connectivity index (χ4n) is 1.31. The number of ether oxygens (including phenoxy) is 1. The first kappa shape index (κ1) is 11.9. The summed E-state index contributed by atoms with van der Waals surface area (Å²) in [4.78, 5) is 0. The van der Waals surface area contributed by atoms with Crippen LogP contribution in [-0.2, 0) is 0 Å². The Morgan fingerprint density at radius 2 is 1.93 bits per heavy atom. The second-order valence-electron chi connectivity index (χ2n) is 3.97. The zero-order valence-corrected chi connectivity index (χ0v) is 9.71. The van der Waals surface area contributed by atoms with Crippen LogP contribution in [0, 0.1) is 0 Å². The zero-order chi connectivity index (χ0) is 11.3. The van der Waals surface area contributed by atoms with Crippen molar-refractivity contribution in [1.82, 2.24) is 0 Å². The summed E-state index contributed by atoms with van der Waals surface area (Å²) in [5.41, 5.74) is 6.78. The molecule has 1 aromatic carbocycles. The highest BCUT2D eigenvalue weighted by molar-refractivity contribution is 5.48. The molecule has 3 N–H and O–H groups in total. The van der Waals surface area contributed by atoms with E-state index in [-0.39, 0.29) is 5.54 Å². The van der Waals surface area contributed by atoms with Crippen LogP contribution >= 0.6 is 0 Å². The summed E-state index contributed by atoms with van der Waals surface area (Å²) in [5, 5.41) is 3.43. The van der Waals surface area contributed by atoms with Gasteiger partial charge in [-0.2, -0.15) is 0 Å². The second-order valence-corrected chi connectivity index (χ2v) is 3.97. The molecule has 1 atom stereocenters. The number of rotatable bonds is 5. The van der Waals surface area contributed by atoms with E-state index < -0.39 is 0 Å². The van der Waals surface area contributed by atoms with Crippen molar-refractivity contribution >= 4 is 5.69 Å². The van der Waals surface area contributed by atoms with Crippen molar-refractivity contribution in [2.75, 3.05) is 19.0 Å². The third kappa shape index (κ3) is 3.13. The number of benzene rings is 1. The van der Waals surface area contributed by atoms with Crippen LogP contribution in [0.15, 0.2) is 24.3 Å². The number of hydrogen-bond donors (Lipinski definition) is 2. The minimum Gasteiger partial charge on any atom is -0.497 e. The second kappa shape index (κ2) is 5.03. The lowest BCUT2D eigenvalue weighted by atomic mass is 9.99. The van der Waals surface area contributed by atoms with Crippen LogP contribution in [0.2, 0.25) is 0 Å². The first-order valence-corrected chi connectivity index (χ1v) is 5.26. The summed E-state index contributed by atoms with van der Waals surface area (Å²) >= 11 is 0. The average molecular weight is 208 g/mol. The first-order valence-electron chi connectivity index (χ1n) is 5.26. The van der Waals surface area contributed by atoms with E-state index in [0.717, 1.165) is 17.9 Å². The fraction of sp³-hybridized carbons (Fsp3) is 0.500. The maximum Gasteiger partial charge on any atom is 0.119 e. The van der Waals surface area contributed by atoms with E-state index in [1.54, 1.807) is 7.11 Å². The van der Waals surface area contributed by atoms with Gasteiger partial charge in [0, 0.05) is 17.8 Å². The van der Waals surface area contributed by atoms with E-state index in [2.05, 4.69) is 19.2 Å². The Morgan fingerprint density at radius 3 is 2.33 bits per heavy atom. The van der Waals surface area contributed by atoms with Crippen molar-refractivity contribution in [3.63, 3.8) is 0 Å². The van der Waals surface area contributed by atoms with Gasteiger partial charge in [0.25, 0.3) is 0 Å². The number of nitrogens with two attached hydrogens (primary N) is 1. The SMILES string of the molecule is CCC(C)(CN)Nc1ccc(OC)cc1. The lowest BCUT2D eigenvalue weighted by Gasteiger charge is -2.29. The van der Waals surface area contributed by atoms with Crippen LogP contribution in [0.4, 0.5) is 5.69 Å². The molecule has 0 aliphatic heterocycles. The minimum absolute atomic E-state index is 0.0331. The van der Waals surface area contributed by atoms with Crippen molar-refractivity contribution in [1.29, 1.82) is 0 Å². The van der Waals surface area contributed by atoms with E-state index >= 15 is 0 Å². The molecule has 0 radical (unpaired) electrons. The van der Waals surface area contributed by atoms with Crippen LogP contribution in [0.1, 0.15) is 20.3 Å². The van der Waals surface area contributed by atoms with Crippen molar-refractivity contribution < 1.29 is 4.74 Å². The third-order valence-electron chi connectivity index (χ3n) is 2.77. The molecule has 0 aromatic heterocycles. The number of hydrogen-bond acceptors (Lipinski definition) is 3. The molecule has 3 heteroatoms. The fourth-order valence-corrected chi connectivity index (χ4v) is 1.31. The maximum absolute atomic E-state index is 5.73. The molecule has 1 unspecified atom stereocenters. The van der Waals surface area contributed by atoms with Gasteiger partial charge >= 0.3 is 0 Å². The summed E-state index contributed by atoms with van der Waals surface area (Å²) in [5.74, 6) is 0.867. The van der Waals surface area contributed by atoms with Crippen LogP contribution in [0.5, 0.6) is 5.75 Å². The van der Waals surface area contributed by atoms with Crippen molar-refractivity contribution in [2.24, 2.45) is 5.73 Å². The first-order chi connectivity index (χ1) is 7.13. The topological polar surface area (TPSA) is 47.3 Å². The van der Waals surface area contributed by atoms with Crippen molar-refractivity contribution in [3.05, 3.63) is 24.3 Å². The molecule has 1 aromatic rings. The molecule has 0 saturated heterocycles. The van der Waals surface area contributed by atoms with Crippen LogP contribution in [0.3, 0.4) is 0 Å². The number of anilines is 1. The van der Waals surface area contributed by atoms with E-state index in [1.807, 2.05) is 24.3 Å². The molecule has 0 fully saturated rings. The Bertz CT molecular complexity index is 291. The van der Waals surface area contributed by atoms with Gasteiger partial charge in [-0.25, -0.2) is 0 Å². The lowest BCUT2D eigenvalue weighted by Crippen LogP contribution is -2.41. The van der Waals surface area contributed by atoms with E-state index in [9.17, 15) is 0 Å². The van der Waals surface area contributed by atoms with Crippen molar-refractivity contribution in [3.8, 4) is 5.75 Å². The van der Waals surface area contributed by atoms with Gasteiger partial charge < -0.3 is 15.8 Å². The van der Waals surface area contributed by atoms with Crippen LogP contribution in [-0.4, -0.2) is 19.2 Å². The molecule has 0 aliphatic carbocycles. The number of nitrogens with one attached hydrogen (secondary N) is 1. The predicted octanol–water partition coefficient (Wildman–Crippen LogP) is 2.23. The molecule has 0 heterocycles. The predicted molar refractivity (Wildman–Crippen MR) is 64.4 cm³/mol. The van der Waals surface area contributed by atoms with Gasteiger partial charge in [0.2, 0.25) is 0 Å². The van der Waals surface area contributed by atoms with E-state index in [1.165, 1.54) is 0 Å². The third-order valence-corrected chi connectivity index (χ3v) is 2.77. The number of methoxy groups -OCH3 is 1. The molecule has 0 aliphatic rings. The van der Waals surface area contributed by atoms with Crippen LogP contribution < -0.4 is 15.8 Å². The Hall–Kier alpha value is -1.22. The summed E-state index contributed by atoms with van der Waals surface area (Å²) in [6, 6.07) is 7.88. The molecule has 0 spiro atoms. The molecule has 84 valence electrons. The van der Waals surface area contributed by atoms with Gasteiger partial charge in [-0.3, -0.25) is 0 Å². The normalized spacial score (nSPS) is 14.4. The van der Waals surface area contributed by atoms with Gasteiger partial charge in [-0.15, -0.1) is 0 Å². The molecular weight excluding hydrogens is 188 g/mol. The maximum atomic E-state index is 5.73. The highest BCUT2D eigenvalue weighted by Crippen LogP contribution is 2.20. The summed E-state index contributed by atoms with van der Waals surface area (Å²) in [6.07, 6.45) is 0.996. The smallest absolute Gasteiger partial charge is 0.119 e. The Labute approximate surface area is 91.6 Å². The monoisotopic (exact) mass is 208 g/mol.